The summed E-state index contributed by atoms with van der Waals surface area (Å²) >= 11 is 0. The third-order valence-corrected chi connectivity index (χ3v) is 2.66. The topological polar surface area (TPSA) is 61.7 Å². The molecule has 0 aliphatic carbocycles. The highest BCUT2D eigenvalue weighted by Gasteiger charge is 2.10. The van der Waals surface area contributed by atoms with E-state index in [0.29, 0.717) is 11.8 Å². The van der Waals surface area contributed by atoms with Crippen LogP contribution in [0.15, 0.2) is 22.1 Å². The van der Waals surface area contributed by atoms with Crippen LogP contribution < -0.4 is 10.6 Å². The van der Waals surface area contributed by atoms with Crippen LogP contribution in [0.5, 0.6) is 0 Å². The second-order valence-electron chi connectivity index (χ2n) is 3.87. The second kappa shape index (κ2) is 6.20. The van der Waals surface area contributed by atoms with Crippen LogP contribution in [-0.4, -0.2) is 37.4 Å². The van der Waals surface area contributed by atoms with Gasteiger partial charge >= 0.3 is 0 Å². The number of halogens is 1. The molecule has 0 atom stereocenters. The minimum Gasteiger partial charge on any atom is -0.312 e. The predicted molar refractivity (Wildman–Crippen MR) is 71.1 cm³/mol. The Bertz CT molecular complexity index is 470. The lowest BCUT2D eigenvalue weighted by Crippen LogP contribution is -2.25. The average molecular weight is 249 g/mol. The number of aromatic nitrogens is 1. The van der Waals surface area contributed by atoms with Gasteiger partial charge in [0.15, 0.2) is 0 Å². The average Bonchev–Trinajstić information content (AvgIpc) is 2.43. The number of pyridine rings is 1. The smallest absolute Gasteiger partial charge is 0.223 e. The van der Waals surface area contributed by atoms with Crippen LogP contribution in [-0.2, 0) is 13.0 Å². The van der Waals surface area contributed by atoms with Crippen molar-refractivity contribution in [3.05, 3.63) is 23.4 Å². The first kappa shape index (κ1) is 12.6. The zero-order valence-corrected chi connectivity index (χ0v) is 10.3. The minimum atomic E-state index is -0.607. The molecule has 1 aromatic rings. The quantitative estimate of drug-likeness (QED) is 0.611. The Labute approximate surface area is 105 Å². The lowest BCUT2D eigenvalue weighted by Gasteiger charge is -2.16. The maximum Gasteiger partial charge on any atom is 0.223 e. The van der Waals surface area contributed by atoms with Crippen molar-refractivity contribution >= 4 is 18.0 Å². The maximum absolute atomic E-state index is 12.0. The molecule has 5 nitrogen and oxygen atoms in total. The Kier molecular flexibility index (Phi) is 4.35. The fourth-order valence-electron chi connectivity index (χ4n) is 1.79. The van der Waals surface area contributed by atoms with Gasteiger partial charge in [-0.15, -0.1) is 0 Å². The molecule has 0 unspecified atom stereocenters. The fraction of sp³-hybridized carbons (Fsp3) is 0.417. The standard InChI is InChI=1S/C12H16FN5/c1-14-12(16-7-5-13)18-11-3-2-9-8-15-6-4-10(9)17-11/h2-3,7,15H,4-6,8H2,1H3,(H,14,17,18)/b16-7-. The van der Waals surface area contributed by atoms with E-state index in [1.54, 1.807) is 7.05 Å². The second-order valence-corrected chi connectivity index (χ2v) is 3.87. The van der Waals surface area contributed by atoms with Gasteiger partial charge in [-0.1, -0.05) is 6.07 Å². The van der Waals surface area contributed by atoms with E-state index >= 15 is 0 Å². The number of hydrogen-bond donors (Lipinski definition) is 2. The molecule has 18 heavy (non-hydrogen) atoms. The van der Waals surface area contributed by atoms with Crippen molar-refractivity contribution in [1.29, 1.82) is 0 Å². The van der Waals surface area contributed by atoms with Gasteiger partial charge in [0.1, 0.15) is 12.5 Å². The third kappa shape index (κ3) is 3.10. The van der Waals surface area contributed by atoms with Crippen molar-refractivity contribution in [2.45, 2.75) is 13.0 Å². The van der Waals surface area contributed by atoms with E-state index in [1.807, 2.05) is 12.1 Å². The van der Waals surface area contributed by atoms with Gasteiger partial charge in [0.2, 0.25) is 5.96 Å². The number of rotatable bonds is 2. The first-order chi connectivity index (χ1) is 8.83. The highest BCUT2D eigenvalue weighted by molar-refractivity contribution is 5.97. The number of anilines is 1. The monoisotopic (exact) mass is 249 g/mol. The van der Waals surface area contributed by atoms with Crippen molar-refractivity contribution in [2.75, 3.05) is 25.6 Å². The van der Waals surface area contributed by atoms with Gasteiger partial charge < -0.3 is 10.6 Å². The first-order valence-corrected chi connectivity index (χ1v) is 5.85. The van der Waals surface area contributed by atoms with Crippen LogP contribution in [0, 0.1) is 0 Å². The Balaban J connectivity index is 2.12. The van der Waals surface area contributed by atoms with Gasteiger partial charge in [0.25, 0.3) is 0 Å². The molecule has 2 N–H and O–H groups in total. The number of nitrogens with zero attached hydrogens (tertiary/aromatic N) is 3. The molecule has 2 heterocycles. The highest BCUT2D eigenvalue weighted by atomic mass is 19.1. The van der Waals surface area contributed by atoms with E-state index < -0.39 is 6.67 Å². The summed E-state index contributed by atoms with van der Waals surface area (Å²) in [5.41, 5.74) is 2.30. The number of guanidine groups is 1. The molecule has 1 aromatic heterocycles. The largest absolute Gasteiger partial charge is 0.312 e. The van der Waals surface area contributed by atoms with E-state index in [0.717, 1.165) is 31.4 Å². The van der Waals surface area contributed by atoms with Crippen LogP contribution in [0.3, 0.4) is 0 Å². The van der Waals surface area contributed by atoms with E-state index in [2.05, 4.69) is 25.6 Å². The Hall–Kier alpha value is -1.82. The first-order valence-electron chi connectivity index (χ1n) is 5.85. The van der Waals surface area contributed by atoms with Gasteiger partial charge in [-0.2, -0.15) is 0 Å². The molecule has 0 saturated carbocycles. The zero-order valence-electron chi connectivity index (χ0n) is 10.3. The van der Waals surface area contributed by atoms with Gasteiger partial charge in [-0.25, -0.2) is 14.4 Å². The zero-order chi connectivity index (χ0) is 12.8. The number of alkyl halides is 1. The van der Waals surface area contributed by atoms with Crippen LogP contribution in [0.4, 0.5) is 10.2 Å². The fourth-order valence-corrected chi connectivity index (χ4v) is 1.79. The molecule has 96 valence electrons. The van der Waals surface area contributed by atoms with E-state index in [9.17, 15) is 4.39 Å². The van der Waals surface area contributed by atoms with E-state index in [4.69, 9.17) is 0 Å². The molecule has 0 amide bonds. The minimum absolute atomic E-state index is 0.356. The predicted octanol–water partition coefficient (Wildman–Crippen LogP) is 1.17. The van der Waals surface area contributed by atoms with E-state index in [1.165, 1.54) is 5.56 Å². The van der Waals surface area contributed by atoms with Crippen LogP contribution in [0.1, 0.15) is 11.3 Å². The normalized spacial score (nSPS) is 15.8. The van der Waals surface area contributed by atoms with Crippen molar-refractivity contribution in [3.8, 4) is 0 Å². The SMILES string of the molecule is C/N=C(\N=C/CF)Nc1ccc2c(n1)CCNC2. The van der Waals surface area contributed by atoms with Gasteiger partial charge in [-0.05, 0) is 11.6 Å². The molecule has 0 saturated heterocycles. The lowest BCUT2D eigenvalue weighted by atomic mass is 10.1. The van der Waals surface area contributed by atoms with Crippen LogP contribution in [0.2, 0.25) is 0 Å². The summed E-state index contributed by atoms with van der Waals surface area (Å²) in [6, 6.07) is 3.91. The Morgan fingerprint density at radius 1 is 1.61 bits per heavy atom. The summed E-state index contributed by atoms with van der Waals surface area (Å²) in [5, 5.41) is 6.26. The molecule has 1 aliphatic heterocycles. The summed E-state index contributed by atoms with van der Waals surface area (Å²) in [4.78, 5) is 12.3. The molecule has 0 bridgehead atoms. The molecule has 0 fully saturated rings. The number of fused-ring (bicyclic) bond motifs is 1. The summed E-state index contributed by atoms with van der Waals surface area (Å²) < 4.78 is 12.0. The van der Waals surface area contributed by atoms with Crippen LogP contribution >= 0.6 is 0 Å². The van der Waals surface area contributed by atoms with Crippen molar-refractivity contribution in [1.82, 2.24) is 10.3 Å². The maximum atomic E-state index is 12.0. The van der Waals surface area contributed by atoms with Gasteiger partial charge in [0, 0.05) is 38.5 Å². The molecule has 6 heteroatoms. The van der Waals surface area contributed by atoms with Crippen LogP contribution in [0.25, 0.3) is 0 Å². The molecular weight excluding hydrogens is 233 g/mol. The van der Waals surface area contributed by atoms with Gasteiger partial charge in [-0.3, -0.25) is 4.99 Å². The van der Waals surface area contributed by atoms with E-state index in [-0.39, 0.29) is 0 Å². The molecule has 1 aliphatic rings. The molecule has 0 spiro atoms. The van der Waals surface area contributed by atoms with Crippen molar-refractivity contribution in [3.63, 3.8) is 0 Å². The summed E-state index contributed by atoms with van der Waals surface area (Å²) in [7, 11) is 1.60. The number of nitrogens with one attached hydrogen (secondary N) is 2. The summed E-state index contributed by atoms with van der Waals surface area (Å²) in [6.45, 7) is 1.19. The van der Waals surface area contributed by atoms with Crippen molar-refractivity contribution in [2.24, 2.45) is 9.98 Å². The number of aliphatic imine (C=N–C) groups is 2. The summed E-state index contributed by atoms with van der Waals surface area (Å²) in [5.74, 6) is 1.04. The number of hydrogen-bond acceptors (Lipinski definition) is 3. The highest BCUT2D eigenvalue weighted by Crippen LogP contribution is 2.14. The molecule has 0 radical (unpaired) electrons. The van der Waals surface area contributed by atoms with Gasteiger partial charge in [0.05, 0.1) is 0 Å². The molecule has 2 rings (SSSR count). The Morgan fingerprint density at radius 2 is 2.50 bits per heavy atom. The molecular formula is C12H16FN5. The summed E-state index contributed by atoms with van der Waals surface area (Å²) in [6.07, 6.45) is 2.08. The van der Waals surface area contributed by atoms with Crippen molar-refractivity contribution < 1.29 is 4.39 Å². The molecule has 0 aromatic carbocycles. The lowest BCUT2D eigenvalue weighted by molar-refractivity contribution is 0.588. The Morgan fingerprint density at radius 3 is 3.28 bits per heavy atom. The third-order valence-electron chi connectivity index (χ3n) is 2.66.